The highest BCUT2D eigenvalue weighted by Crippen LogP contribution is 2.28. The van der Waals surface area contributed by atoms with Crippen LogP contribution < -0.4 is 9.47 Å². The molecule has 0 amide bonds. The van der Waals surface area contributed by atoms with Gasteiger partial charge in [0.15, 0.2) is 0 Å². The number of carbonyl (C=O) groups excluding carboxylic acids is 1. The number of carbonyl (C=O) groups is 1. The first kappa shape index (κ1) is 41.9. The Bertz CT molecular complexity index is 990. The van der Waals surface area contributed by atoms with Crippen molar-refractivity contribution in [2.75, 3.05) is 0 Å². The molecule has 0 aliphatic carbocycles. The van der Waals surface area contributed by atoms with Gasteiger partial charge in [-0.2, -0.15) is 0 Å². The average molecular weight is 663 g/mol. The molecule has 0 heterocycles. The Kier molecular flexibility index (Phi) is 24.9. The fraction of sp³-hybridized carbons (Fsp3) is 0.711. The highest BCUT2D eigenvalue weighted by Gasteiger charge is 2.16. The molecule has 0 saturated heterocycles. The normalized spacial score (nSPS) is 11.2. The Morgan fingerprint density at radius 2 is 0.688 bits per heavy atom. The van der Waals surface area contributed by atoms with Gasteiger partial charge in [0.25, 0.3) is 0 Å². The van der Waals surface area contributed by atoms with Crippen LogP contribution in [0.25, 0.3) is 0 Å². The zero-order valence-corrected chi connectivity index (χ0v) is 32.0. The first-order valence-electron chi connectivity index (χ1n) is 20.7. The number of hydrogen-bond acceptors (Lipinski definition) is 3. The predicted molar refractivity (Wildman–Crippen MR) is 208 cm³/mol. The Hall–Kier alpha value is -2.29. The molecule has 2 aromatic rings. The number of ether oxygens (including phenoxy) is 2. The lowest BCUT2D eigenvalue weighted by atomic mass is 9.99. The Morgan fingerprint density at radius 3 is 1.02 bits per heavy atom. The van der Waals surface area contributed by atoms with Crippen molar-refractivity contribution in [3.05, 3.63) is 58.7 Å². The molecule has 0 N–H and O–H groups in total. The number of unbranched alkanes of at least 4 members (excludes halogenated alkanes) is 20. The second-order valence-corrected chi connectivity index (χ2v) is 14.4. The summed E-state index contributed by atoms with van der Waals surface area (Å²) in [5.74, 6) is 1.33. The summed E-state index contributed by atoms with van der Waals surface area (Å²) in [6.07, 6.45) is 34.1. The number of aryl methyl sites for hydroxylation is 4. The van der Waals surface area contributed by atoms with Crippen molar-refractivity contribution in [2.24, 2.45) is 0 Å². The van der Waals surface area contributed by atoms with Crippen LogP contribution in [0.15, 0.2) is 36.4 Å². The minimum atomic E-state index is -0.615. The van der Waals surface area contributed by atoms with Crippen LogP contribution in [0.4, 0.5) is 4.79 Å². The third kappa shape index (κ3) is 19.6. The molecular formula is C45H74O3. The van der Waals surface area contributed by atoms with Gasteiger partial charge in [-0.15, -0.1) is 0 Å². The standard InChI is InChI=1S/C45H74O3/c1-5-9-13-17-21-25-29-39-33-35-43(41(37-39)31-27-23-19-15-11-7-3)47-45(46)48-44-36-34-40(30-26-22-18-14-10-6-2)38-42(44)32-28-24-20-16-12-8-4/h33-38H,5-32H2,1-4H3. The highest BCUT2D eigenvalue weighted by atomic mass is 16.7. The molecule has 272 valence electrons. The zero-order valence-electron chi connectivity index (χ0n) is 32.0. The Labute approximate surface area is 297 Å². The van der Waals surface area contributed by atoms with Gasteiger partial charge >= 0.3 is 6.16 Å². The molecule has 0 aliphatic heterocycles. The average Bonchev–Trinajstić information content (AvgIpc) is 3.09. The van der Waals surface area contributed by atoms with Gasteiger partial charge in [0, 0.05) is 0 Å². The third-order valence-electron chi connectivity index (χ3n) is 9.87. The molecular weight excluding hydrogens is 588 g/mol. The summed E-state index contributed by atoms with van der Waals surface area (Å²) in [5, 5.41) is 0. The van der Waals surface area contributed by atoms with Crippen LogP contribution in [0.1, 0.15) is 204 Å². The smallest absolute Gasteiger partial charge is 0.394 e. The van der Waals surface area contributed by atoms with Gasteiger partial charge in [-0.05, 0) is 85.8 Å². The molecule has 0 radical (unpaired) electrons. The molecule has 0 aromatic heterocycles. The summed E-state index contributed by atoms with van der Waals surface area (Å²) in [5.41, 5.74) is 5.00. The lowest BCUT2D eigenvalue weighted by Gasteiger charge is -2.15. The van der Waals surface area contributed by atoms with Crippen molar-refractivity contribution in [3.63, 3.8) is 0 Å². The minimum absolute atomic E-state index is 0.615. The van der Waals surface area contributed by atoms with Crippen molar-refractivity contribution in [1.82, 2.24) is 0 Å². The van der Waals surface area contributed by atoms with Gasteiger partial charge in [0.2, 0.25) is 0 Å². The molecule has 2 aromatic carbocycles. The topological polar surface area (TPSA) is 35.5 Å². The van der Waals surface area contributed by atoms with Crippen LogP contribution >= 0.6 is 0 Å². The van der Waals surface area contributed by atoms with E-state index >= 15 is 0 Å². The Morgan fingerprint density at radius 1 is 0.396 bits per heavy atom. The summed E-state index contributed by atoms with van der Waals surface area (Å²) in [4.78, 5) is 13.3. The van der Waals surface area contributed by atoms with Crippen molar-refractivity contribution in [2.45, 2.75) is 207 Å². The minimum Gasteiger partial charge on any atom is -0.394 e. The van der Waals surface area contributed by atoms with Crippen LogP contribution in [-0.2, 0) is 25.7 Å². The molecule has 2 rings (SSSR count). The van der Waals surface area contributed by atoms with Gasteiger partial charge in [0.1, 0.15) is 11.5 Å². The SMILES string of the molecule is CCCCCCCCc1ccc(OC(=O)Oc2ccc(CCCCCCCC)cc2CCCCCCCC)c(CCCCCCCC)c1. The van der Waals surface area contributed by atoms with Gasteiger partial charge < -0.3 is 9.47 Å². The second kappa shape index (κ2) is 28.5. The van der Waals surface area contributed by atoms with Crippen molar-refractivity contribution < 1.29 is 14.3 Å². The first-order chi connectivity index (χ1) is 23.6. The second-order valence-electron chi connectivity index (χ2n) is 14.4. The van der Waals surface area contributed by atoms with E-state index in [1.165, 1.54) is 152 Å². The van der Waals surface area contributed by atoms with Crippen LogP contribution in [0, 0.1) is 0 Å². The largest absolute Gasteiger partial charge is 0.519 e. The fourth-order valence-electron chi connectivity index (χ4n) is 6.78. The molecule has 0 fully saturated rings. The van der Waals surface area contributed by atoms with E-state index in [-0.39, 0.29) is 0 Å². The van der Waals surface area contributed by atoms with Gasteiger partial charge in [-0.25, -0.2) is 4.79 Å². The zero-order chi connectivity index (χ0) is 34.5. The quantitative estimate of drug-likeness (QED) is 0.0474. The monoisotopic (exact) mass is 663 g/mol. The van der Waals surface area contributed by atoms with E-state index in [9.17, 15) is 4.79 Å². The van der Waals surface area contributed by atoms with Crippen molar-refractivity contribution >= 4 is 6.16 Å². The van der Waals surface area contributed by atoms with E-state index < -0.39 is 6.16 Å². The summed E-state index contributed by atoms with van der Waals surface area (Å²) in [6, 6.07) is 12.9. The molecule has 0 spiro atoms. The van der Waals surface area contributed by atoms with Crippen LogP contribution in [-0.4, -0.2) is 6.16 Å². The molecule has 3 nitrogen and oxygen atoms in total. The molecule has 0 atom stereocenters. The van der Waals surface area contributed by atoms with E-state index in [1.54, 1.807) is 0 Å². The molecule has 0 aliphatic rings. The van der Waals surface area contributed by atoms with E-state index in [2.05, 4.69) is 52.0 Å². The highest BCUT2D eigenvalue weighted by molar-refractivity contribution is 5.68. The maximum absolute atomic E-state index is 13.3. The summed E-state index contributed by atoms with van der Waals surface area (Å²) >= 11 is 0. The number of hydrogen-bond donors (Lipinski definition) is 0. The van der Waals surface area contributed by atoms with Gasteiger partial charge in [-0.3, -0.25) is 0 Å². The number of rotatable bonds is 30. The van der Waals surface area contributed by atoms with Crippen molar-refractivity contribution in [1.29, 1.82) is 0 Å². The fourth-order valence-corrected chi connectivity index (χ4v) is 6.78. The first-order valence-corrected chi connectivity index (χ1v) is 20.7. The van der Waals surface area contributed by atoms with Crippen LogP contribution in [0.2, 0.25) is 0 Å². The molecule has 3 heteroatoms. The maximum Gasteiger partial charge on any atom is 0.519 e. The lowest BCUT2D eigenvalue weighted by Crippen LogP contribution is -2.16. The summed E-state index contributed by atoms with van der Waals surface area (Å²) < 4.78 is 12.0. The van der Waals surface area contributed by atoms with Crippen molar-refractivity contribution in [3.8, 4) is 11.5 Å². The summed E-state index contributed by atoms with van der Waals surface area (Å²) in [6.45, 7) is 9.07. The third-order valence-corrected chi connectivity index (χ3v) is 9.87. The van der Waals surface area contributed by atoms with E-state index in [0.29, 0.717) is 11.5 Å². The van der Waals surface area contributed by atoms with E-state index in [0.717, 1.165) is 49.7 Å². The molecule has 0 bridgehead atoms. The summed E-state index contributed by atoms with van der Waals surface area (Å²) in [7, 11) is 0. The van der Waals surface area contributed by atoms with E-state index in [4.69, 9.17) is 9.47 Å². The molecule has 0 saturated carbocycles. The van der Waals surface area contributed by atoms with E-state index in [1.807, 2.05) is 12.1 Å². The Balaban J connectivity index is 2.07. The number of benzene rings is 2. The maximum atomic E-state index is 13.3. The predicted octanol–water partition coefficient (Wildman–Crippen LogP) is 14.9. The van der Waals surface area contributed by atoms with Crippen LogP contribution in [0.3, 0.4) is 0 Å². The van der Waals surface area contributed by atoms with Gasteiger partial charge in [-0.1, -0.05) is 180 Å². The lowest BCUT2D eigenvalue weighted by molar-refractivity contribution is 0.151. The van der Waals surface area contributed by atoms with Crippen LogP contribution in [0.5, 0.6) is 11.5 Å². The molecule has 48 heavy (non-hydrogen) atoms. The molecule has 0 unspecified atom stereocenters. The van der Waals surface area contributed by atoms with Gasteiger partial charge in [0.05, 0.1) is 0 Å².